The van der Waals surface area contributed by atoms with Gasteiger partial charge in [0.15, 0.2) is 0 Å². The number of rotatable bonds is 2. The van der Waals surface area contributed by atoms with E-state index in [2.05, 4.69) is 10.3 Å². The average Bonchev–Trinajstić information content (AvgIpc) is 2.56. The summed E-state index contributed by atoms with van der Waals surface area (Å²) in [5.41, 5.74) is 6.61. The van der Waals surface area contributed by atoms with E-state index in [1.54, 1.807) is 4.68 Å². The van der Waals surface area contributed by atoms with Crippen molar-refractivity contribution in [3.8, 4) is 0 Å². The van der Waals surface area contributed by atoms with E-state index < -0.39 is 0 Å². The summed E-state index contributed by atoms with van der Waals surface area (Å²) in [4.78, 5) is 0. The molecule has 1 aromatic heterocycles. The first kappa shape index (κ1) is 9.02. The summed E-state index contributed by atoms with van der Waals surface area (Å²) in [5.74, 6) is 0.532. The highest BCUT2D eigenvalue weighted by Crippen LogP contribution is 2.16. The Morgan fingerprint density at radius 1 is 1.36 bits per heavy atom. The molecule has 0 radical (unpaired) electrons. The van der Waals surface area contributed by atoms with E-state index in [0.29, 0.717) is 17.4 Å². The number of nitrogens with two attached hydrogens (primary N) is 1. The fourth-order valence-corrected chi connectivity index (χ4v) is 1.37. The Bertz CT molecular complexity index is 438. The lowest BCUT2D eigenvalue weighted by Crippen LogP contribution is -2.06. The molecule has 0 atom stereocenters. The maximum absolute atomic E-state index is 5.99. The van der Waals surface area contributed by atoms with Crippen molar-refractivity contribution in [2.24, 2.45) is 0 Å². The van der Waals surface area contributed by atoms with Crippen LogP contribution in [0.5, 0.6) is 0 Å². The average molecular weight is 209 g/mol. The first-order valence-electron chi connectivity index (χ1n) is 4.15. The Balaban J connectivity index is 2.28. The van der Waals surface area contributed by atoms with Gasteiger partial charge in [-0.1, -0.05) is 35.0 Å². The molecule has 0 aliphatic rings. The molecular weight excluding hydrogens is 200 g/mol. The van der Waals surface area contributed by atoms with Crippen molar-refractivity contribution in [2.45, 2.75) is 6.54 Å². The molecule has 14 heavy (non-hydrogen) atoms. The topological polar surface area (TPSA) is 56.7 Å². The fraction of sp³-hybridized carbons (Fsp3) is 0.111. The Labute approximate surface area is 86.3 Å². The summed E-state index contributed by atoms with van der Waals surface area (Å²) in [7, 11) is 0. The van der Waals surface area contributed by atoms with Crippen molar-refractivity contribution in [3.05, 3.63) is 41.0 Å². The third-order valence-corrected chi connectivity index (χ3v) is 2.29. The van der Waals surface area contributed by atoms with Gasteiger partial charge in [0.25, 0.3) is 0 Å². The molecule has 2 rings (SSSR count). The molecule has 0 saturated heterocycles. The summed E-state index contributed by atoms with van der Waals surface area (Å²) in [6.07, 6.45) is 1.51. The zero-order chi connectivity index (χ0) is 9.97. The van der Waals surface area contributed by atoms with Gasteiger partial charge in [-0.05, 0) is 11.6 Å². The van der Waals surface area contributed by atoms with Gasteiger partial charge in [0, 0.05) is 5.02 Å². The van der Waals surface area contributed by atoms with Gasteiger partial charge >= 0.3 is 0 Å². The van der Waals surface area contributed by atoms with Crippen LogP contribution in [-0.2, 0) is 6.54 Å². The lowest BCUT2D eigenvalue weighted by atomic mass is 10.2. The first-order chi connectivity index (χ1) is 6.77. The van der Waals surface area contributed by atoms with Gasteiger partial charge < -0.3 is 5.73 Å². The van der Waals surface area contributed by atoms with E-state index in [-0.39, 0.29) is 0 Å². The van der Waals surface area contributed by atoms with E-state index >= 15 is 0 Å². The Morgan fingerprint density at radius 3 is 2.79 bits per heavy atom. The maximum Gasteiger partial charge on any atom is 0.142 e. The van der Waals surface area contributed by atoms with Gasteiger partial charge in [-0.2, -0.15) is 0 Å². The highest BCUT2D eigenvalue weighted by Gasteiger charge is 2.03. The second-order valence-corrected chi connectivity index (χ2v) is 3.32. The minimum Gasteiger partial charge on any atom is -0.383 e. The summed E-state index contributed by atoms with van der Waals surface area (Å²) < 4.78 is 1.60. The molecule has 0 fully saturated rings. The Hall–Kier alpha value is -1.55. The van der Waals surface area contributed by atoms with Crippen LogP contribution in [0.1, 0.15) is 5.56 Å². The minimum absolute atomic E-state index is 0.532. The summed E-state index contributed by atoms with van der Waals surface area (Å²) in [6, 6.07) is 7.58. The van der Waals surface area contributed by atoms with E-state index in [1.165, 1.54) is 6.20 Å². The first-order valence-corrected chi connectivity index (χ1v) is 4.52. The van der Waals surface area contributed by atoms with Crippen molar-refractivity contribution in [1.82, 2.24) is 15.0 Å². The van der Waals surface area contributed by atoms with Crippen molar-refractivity contribution < 1.29 is 0 Å². The van der Waals surface area contributed by atoms with E-state index in [0.717, 1.165) is 5.56 Å². The third-order valence-electron chi connectivity index (χ3n) is 1.93. The number of anilines is 1. The zero-order valence-electron chi connectivity index (χ0n) is 7.39. The molecule has 0 amide bonds. The number of benzene rings is 1. The van der Waals surface area contributed by atoms with Gasteiger partial charge in [-0.3, -0.25) is 0 Å². The molecule has 0 bridgehead atoms. The number of hydrogen-bond donors (Lipinski definition) is 1. The summed E-state index contributed by atoms with van der Waals surface area (Å²) in [5, 5.41) is 8.24. The van der Waals surface area contributed by atoms with E-state index in [4.69, 9.17) is 17.3 Å². The van der Waals surface area contributed by atoms with Crippen LogP contribution >= 0.6 is 11.6 Å². The van der Waals surface area contributed by atoms with Crippen LogP contribution in [0.25, 0.3) is 0 Å². The predicted molar refractivity (Wildman–Crippen MR) is 55.0 cm³/mol. The molecule has 0 spiro atoms. The maximum atomic E-state index is 5.99. The molecule has 5 heteroatoms. The van der Waals surface area contributed by atoms with Crippen molar-refractivity contribution in [3.63, 3.8) is 0 Å². The molecule has 0 saturated carbocycles. The monoisotopic (exact) mass is 208 g/mol. The second-order valence-electron chi connectivity index (χ2n) is 2.91. The van der Waals surface area contributed by atoms with E-state index in [9.17, 15) is 0 Å². The van der Waals surface area contributed by atoms with Gasteiger partial charge in [-0.25, -0.2) is 4.68 Å². The van der Waals surface area contributed by atoms with Gasteiger partial charge in [0.2, 0.25) is 0 Å². The lowest BCUT2D eigenvalue weighted by Gasteiger charge is -2.04. The number of nitrogen functional groups attached to an aromatic ring is 1. The number of hydrogen-bond acceptors (Lipinski definition) is 3. The Kier molecular flexibility index (Phi) is 2.37. The highest BCUT2D eigenvalue weighted by atomic mass is 35.5. The van der Waals surface area contributed by atoms with Crippen molar-refractivity contribution >= 4 is 17.4 Å². The fourth-order valence-electron chi connectivity index (χ4n) is 1.18. The van der Waals surface area contributed by atoms with Gasteiger partial charge in [0.05, 0.1) is 12.7 Å². The molecule has 0 aliphatic heterocycles. The van der Waals surface area contributed by atoms with Crippen LogP contribution < -0.4 is 5.73 Å². The molecule has 4 nitrogen and oxygen atoms in total. The van der Waals surface area contributed by atoms with Crippen LogP contribution in [-0.4, -0.2) is 15.0 Å². The van der Waals surface area contributed by atoms with E-state index in [1.807, 2.05) is 24.3 Å². The predicted octanol–water partition coefficient (Wildman–Crippen LogP) is 1.56. The van der Waals surface area contributed by atoms with Crippen molar-refractivity contribution in [2.75, 3.05) is 5.73 Å². The molecule has 2 aromatic rings. The smallest absolute Gasteiger partial charge is 0.142 e. The molecule has 2 N–H and O–H groups in total. The molecule has 1 heterocycles. The number of halogens is 1. The van der Waals surface area contributed by atoms with Crippen LogP contribution in [0, 0.1) is 0 Å². The van der Waals surface area contributed by atoms with Crippen LogP contribution in [0.2, 0.25) is 5.02 Å². The normalized spacial score (nSPS) is 10.4. The van der Waals surface area contributed by atoms with Gasteiger partial charge in [0.1, 0.15) is 5.82 Å². The standard InChI is InChI=1S/C9H9ClN4/c10-8-4-2-1-3-7(8)6-14-9(11)5-12-13-14/h1-5H,6,11H2. The zero-order valence-corrected chi connectivity index (χ0v) is 8.15. The quantitative estimate of drug-likeness (QED) is 0.815. The molecular formula is C9H9ClN4. The van der Waals surface area contributed by atoms with Crippen LogP contribution in [0.4, 0.5) is 5.82 Å². The Morgan fingerprint density at radius 2 is 2.14 bits per heavy atom. The second kappa shape index (κ2) is 3.67. The highest BCUT2D eigenvalue weighted by molar-refractivity contribution is 6.31. The van der Waals surface area contributed by atoms with Crippen molar-refractivity contribution in [1.29, 1.82) is 0 Å². The van der Waals surface area contributed by atoms with Crippen LogP contribution in [0.3, 0.4) is 0 Å². The number of aromatic nitrogens is 3. The summed E-state index contributed by atoms with van der Waals surface area (Å²) in [6.45, 7) is 0.547. The number of nitrogens with zero attached hydrogens (tertiary/aromatic N) is 3. The molecule has 0 unspecified atom stereocenters. The van der Waals surface area contributed by atoms with Gasteiger partial charge in [-0.15, -0.1) is 5.10 Å². The molecule has 72 valence electrons. The van der Waals surface area contributed by atoms with Crippen LogP contribution in [0.15, 0.2) is 30.5 Å². The largest absolute Gasteiger partial charge is 0.383 e. The minimum atomic E-state index is 0.532. The molecule has 0 aliphatic carbocycles. The molecule has 1 aromatic carbocycles. The lowest BCUT2D eigenvalue weighted by molar-refractivity contribution is 0.658. The summed E-state index contributed by atoms with van der Waals surface area (Å²) >= 11 is 5.99. The SMILES string of the molecule is Nc1cnnn1Cc1ccccc1Cl. The third kappa shape index (κ3) is 1.70.